The summed E-state index contributed by atoms with van der Waals surface area (Å²) in [6, 6.07) is 3.10. The number of carbonyl (C=O) groups is 1. The smallest absolute Gasteiger partial charge is 0.253 e. The molecular formula is C15H19Cl2NO3. The molecule has 2 unspecified atom stereocenters. The van der Waals surface area contributed by atoms with Gasteiger partial charge in [0.1, 0.15) is 0 Å². The summed E-state index contributed by atoms with van der Waals surface area (Å²) in [5.41, 5.74) is 0.417. The van der Waals surface area contributed by atoms with Crippen molar-refractivity contribution in [3.8, 4) is 5.75 Å². The average Bonchev–Trinajstić information content (AvgIpc) is 2.83. The predicted octanol–water partition coefficient (Wildman–Crippen LogP) is 3.24. The third-order valence-corrected chi connectivity index (χ3v) is 4.48. The lowest BCUT2D eigenvalue weighted by Crippen LogP contribution is -2.34. The Balaban J connectivity index is 2.12. The van der Waals surface area contributed by atoms with Crippen molar-refractivity contribution in [1.82, 2.24) is 4.90 Å². The fourth-order valence-corrected chi connectivity index (χ4v) is 3.41. The van der Waals surface area contributed by atoms with Crippen molar-refractivity contribution in [1.29, 1.82) is 0 Å². The van der Waals surface area contributed by atoms with Crippen LogP contribution in [-0.2, 0) is 0 Å². The van der Waals surface area contributed by atoms with Crippen LogP contribution in [0, 0.1) is 5.92 Å². The Labute approximate surface area is 134 Å². The number of halogens is 2. The molecule has 0 aromatic heterocycles. The molecule has 1 aromatic rings. The molecule has 2 rings (SSSR count). The minimum absolute atomic E-state index is 0.142. The fraction of sp³-hybridized carbons (Fsp3) is 0.533. The Morgan fingerprint density at radius 2 is 2.00 bits per heavy atom. The molecule has 21 heavy (non-hydrogen) atoms. The van der Waals surface area contributed by atoms with E-state index in [4.69, 9.17) is 27.9 Å². The number of rotatable bonds is 4. The summed E-state index contributed by atoms with van der Waals surface area (Å²) >= 11 is 12.1. The molecule has 4 nitrogen and oxygen atoms in total. The van der Waals surface area contributed by atoms with Crippen LogP contribution in [-0.4, -0.2) is 42.7 Å². The van der Waals surface area contributed by atoms with Gasteiger partial charge in [-0.25, -0.2) is 0 Å². The summed E-state index contributed by atoms with van der Waals surface area (Å²) in [5.74, 6) is 0.340. The van der Waals surface area contributed by atoms with Gasteiger partial charge in [-0.05, 0) is 25.0 Å². The van der Waals surface area contributed by atoms with Crippen molar-refractivity contribution in [3.63, 3.8) is 0 Å². The molecule has 1 aliphatic carbocycles. The summed E-state index contributed by atoms with van der Waals surface area (Å²) < 4.78 is 5.07. The maximum absolute atomic E-state index is 12.4. The zero-order chi connectivity index (χ0) is 15.6. The van der Waals surface area contributed by atoms with Gasteiger partial charge in [-0.2, -0.15) is 0 Å². The highest BCUT2D eigenvalue weighted by Crippen LogP contribution is 2.34. The van der Waals surface area contributed by atoms with Gasteiger partial charge in [0.2, 0.25) is 0 Å². The minimum atomic E-state index is -0.316. The lowest BCUT2D eigenvalue weighted by Gasteiger charge is -2.23. The summed E-state index contributed by atoms with van der Waals surface area (Å²) in [6.45, 7) is 0.529. The van der Waals surface area contributed by atoms with Gasteiger partial charge in [0, 0.05) is 25.1 Å². The van der Waals surface area contributed by atoms with Crippen LogP contribution in [0.3, 0.4) is 0 Å². The number of nitrogens with zero attached hydrogens (tertiary/aromatic N) is 1. The number of aliphatic hydroxyl groups excluding tert-OH is 1. The molecule has 0 spiro atoms. The largest absolute Gasteiger partial charge is 0.494 e. The SMILES string of the molecule is COc1c(Cl)cc(C(=O)N(C)CC2CCCC2O)cc1Cl. The van der Waals surface area contributed by atoms with E-state index in [9.17, 15) is 9.90 Å². The van der Waals surface area contributed by atoms with E-state index in [-0.39, 0.29) is 17.9 Å². The average molecular weight is 332 g/mol. The van der Waals surface area contributed by atoms with Crippen LogP contribution in [0.2, 0.25) is 10.0 Å². The second-order valence-electron chi connectivity index (χ2n) is 5.42. The molecule has 116 valence electrons. The van der Waals surface area contributed by atoms with Crippen LogP contribution >= 0.6 is 23.2 Å². The third kappa shape index (κ3) is 3.62. The van der Waals surface area contributed by atoms with Crippen molar-refractivity contribution in [2.24, 2.45) is 5.92 Å². The van der Waals surface area contributed by atoms with E-state index in [0.717, 1.165) is 19.3 Å². The number of hydrogen-bond donors (Lipinski definition) is 1. The van der Waals surface area contributed by atoms with Crippen LogP contribution in [0.5, 0.6) is 5.75 Å². The summed E-state index contributed by atoms with van der Waals surface area (Å²) in [7, 11) is 3.20. The maximum atomic E-state index is 12.4. The quantitative estimate of drug-likeness (QED) is 0.921. The van der Waals surface area contributed by atoms with Crippen LogP contribution in [0.4, 0.5) is 0 Å². The molecule has 1 amide bonds. The molecule has 0 saturated heterocycles. The van der Waals surface area contributed by atoms with E-state index in [1.807, 2.05) is 0 Å². The highest BCUT2D eigenvalue weighted by molar-refractivity contribution is 6.37. The zero-order valence-electron chi connectivity index (χ0n) is 12.1. The second-order valence-corrected chi connectivity index (χ2v) is 6.23. The summed E-state index contributed by atoms with van der Waals surface area (Å²) in [4.78, 5) is 14.0. The number of carbonyl (C=O) groups excluding carboxylic acids is 1. The third-order valence-electron chi connectivity index (χ3n) is 3.92. The van der Waals surface area contributed by atoms with Crippen molar-refractivity contribution in [3.05, 3.63) is 27.7 Å². The highest BCUT2D eigenvalue weighted by atomic mass is 35.5. The summed E-state index contributed by atoms with van der Waals surface area (Å²) in [5, 5.41) is 10.5. The van der Waals surface area contributed by atoms with E-state index in [0.29, 0.717) is 27.9 Å². The van der Waals surface area contributed by atoms with Gasteiger partial charge >= 0.3 is 0 Å². The lowest BCUT2D eigenvalue weighted by molar-refractivity contribution is 0.0693. The molecule has 2 atom stereocenters. The molecular weight excluding hydrogens is 313 g/mol. The van der Waals surface area contributed by atoms with Gasteiger partial charge < -0.3 is 14.7 Å². The van der Waals surface area contributed by atoms with E-state index in [1.165, 1.54) is 7.11 Å². The van der Waals surface area contributed by atoms with Crippen molar-refractivity contribution < 1.29 is 14.6 Å². The van der Waals surface area contributed by atoms with E-state index >= 15 is 0 Å². The zero-order valence-corrected chi connectivity index (χ0v) is 13.6. The Morgan fingerprint density at radius 3 is 2.48 bits per heavy atom. The van der Waals surface area contributed by atoms with Crippen LogP contribution in [0.15, 0.2) is 12.1 Å². The maximum Gasteiger partial charge on any atom is 0.253 e. The Hall–Kier alpha value is -0.970. The Morgan fingerprint density at radius 1 is 1.38 bits per heavy atom. The molecule has 0 aliphatic heterocycles. The topological polar surface area (TPSA) is 49.8 Å². The van der Waals surface area contributed by atoms with Crippen molar-refractivity contribution in [2.45, 2.75) is 25.4 Å². The van der Waals surface area contributed by atoms with E-state index < -0.39 is 0 Å². The van der Waals surface area contributed by atoms with Gasteiger partial charge in [0.15, 0.2) is 5.75 Å². The first-order valence-electron chi connectivity index (χ1n) is 6.90. The molecule has 1 saturated carbocycles. The number of methoxy groups -OCH3 is 1. The minimum Gasteiger partial charge on any atom is -0.494 e. The molecule has 0 radical (unpaired) electrons. The lowest BCUT2D eigenvalue weighted by atomic mass is 10.1. The van der Waals surface area contributed by atoms with Gasteiger partial charge in [-0.15, -0.1) is 0 Å². The summed E-state index contributed by atoms with van der Waals surface area (Å²) in [6.07, 6.45) is 2.45. The van der Waals surface area contributed by atoms with E-state index in [1.54, 1.807) is 24.1 Å². The molecule has 1 aromatic carbocycles. The predicted molar refractivity (Wildman–Crippen MR) is 83.3 cm³/mol. The Bertz CT molecular complexity index is 513. The van der Waals surface area contributed by atoms with Crippen LogP contribution in [0.25, 0.3) is 0 Å². The number of hydrogen-bond acceptors (Lipinski definition) is 3. The molecule has 6 heteroatoms. The standard InChI is InChI=1S/C15H19Cl2NO3/c1-18(8-9-4-3-5-13(9)19)15(20)10-6-11(16)14(21-2)12(17)7-10/h6-7,9,13,19H,3-5,8H2,1-2H3. The molecule has 0 bridgehead atoms. The molecule has 1 fully saturated rings. The first-order valence-corrected chi connectivity index (χ1v) is 7.66. The first-order chi connectivity index (χ1) is 9.93. The normalized spacial score (nSPS) is 21.4. The second kappa shape index (κ2) is 6.86. The van der Waals surface area contributed by atoms with Gasteiger partial charge in [-0.3, -0.25) is 4.79 Å². The number of aliphatic hydroxyl groups is 1. The number of amides is 1. The monoisotopic (exact) mass is 331 g/mol. The number of ether oxygens (including phenoxy) is 1. The van der Waals surface area contributed by atoms with Gasteiger partial charge in [0.05, 0.1) is 23.3 Å². The van der Waals surface area contributed by atoms with Crippen LogP contribution < -0.4 is 4.74 Å². The highest BCUT2D eigenvalue weighted by Gasteiger charge is 2.28. The van der Waals surface area contributed by atoms with Gasteiger partial charge in [-0.1, -0.05) is 29.6 Å². The molecule has 0 heterocycles. The van der Waals surface area contributed by atoms with Crippen molar-refractivity contribution >= 4 is 29.1 Å². The fourth-order valence-electron chi connectivity index (χ4n) is 2.76. The van der Waals surface area contributed by atoms with Crippen LogP contribution in [0.1, 0.15) is 29.6 Å². The molecule has 1 aliphatic rings. The Kier molecular flexibility index (Phi) is 5.36. The van der Waals surface area contributed by atoms with E-state index in [2.05, 4.69) is 0 Å². The molecule has 1 N–H and O–H groups in total. The first kappa shape index (κ1) is 16.4. The van der Waals surface area contributed by atoms with Crippen molar-refractivity contribution in [2.75, 3.05) is 20.7 Å². The number of benzene rings is 1. The van der Waals surface area contributed by atoms with Gasteiger partial charge in [0.25, 0.3) is 5.91 Å².